The lowest BCUT2D eigenvalue weighted by molar-refractivity contribution is -0.166. The van der Waals surface area contributed by atoms with Crippen LogP contribution in [-0.4, -0.2) is 23.6 Å². The van der Waals surface area contributed by atoms with Crippen molar-refractivity contribution in [3.8, 4) is 12.1 Å². The molecule has 2 saturated carbocycles. The van der Waals surface area contributed by atoms with Crippen molar-refractivity contribution in [2.45, 2.75) is 51.4 Å². The van der Waals surface area contributed by atoms with Crippen LogP contribution in [0.15, 0.2) is 12.2 Å². The number of fused-ring (bicyclic) bond motifs is 3. The molecule has 10 rings (SSSR count). The van der Waals surface area contributed by atoms with Gasteiger partial charge in [-0.05, 0) is 86.2 Å². The Hall–Kier alpha value is -3.60. The molecule has 4 heterocycles. The van der Waals surface area contributed by atoms with E-state index >= 15 is 0 Å². The molecule has 2 aromatic rings. The van der Waals surface area contributed by atoms with Gasteiger partial charge in [-0.2, -0.15) is 10.5 Å². The van der Waals surface area contributed by atoms with Gasteiger partial charge in [-0.1, -0.05) is 12.2 Å². The lowest BCUT2D eigenvalue weighted by Crippen LogP contribution is -2.63. The summed E-state index contributed by atoms with van der Waals surface area (Å²) in [5.74, 6) is -4.28. The maximum atomic E-state index is 14.1. The number of thiophene rings is 2. The van der Waals surface area contributed by atoms with Crippen LogP contribution in [0.4, 0.5) is 10.0 Å². The summed E-state index contributed by atoms with van der Waals surface area (Å²) < 4.78 is 0. The summed E-state index contributed by atoms with van der Waals surface area (Å²) in [6, 6.07) is 4.59. The third-order valence-electron chi connectivity index (χ3n) is 11.3. The number of rotatable bonds is 2. The number of hydrogen-bond acceptors (Lipinski definition) is 8. The van der Waals surface area contributed by atoms with Gasteiger partial charge in [-0.25, -0.2) is 9.80 Å². The molecule has 2 aliphatic heterocycles. The largest absolute Gasteiger partial charge is 0.274 e. The fraction of sp³-hybridized carbons (Fsp3) is 0.500. The summed E-state index contributed by atoms with van der Waals surface area (Å²) in [4.78, 5) is 60.9. The molecule has 0 aromatic carbocycles. The Labute approximate surface area is 250 Å². The maximum Gasteiger partial charge on any atom is 0.239 e. The van der Waals surface area contributed by atoms with Gasteiger partial charge in [0, 0.05) is 9.75 Å². The third kappa shape index (κ3) is 2.81. The van der Waals surface area contributed by atoms with Gasteiger partial charge >= 0.3 is 0 Å². The number of hydrogen-bond donors (Lipinski definition) is 0. The minimum atomic E-state index is -0.582. The predicted octanol–water partition coefficient (Wildman–Crippen LogP) is 4.28. The number of carbonyl (C=O) groups is 4. The average molecular weight is 595 g/mol. The smallest absolute Gasteiger partial charge is 0.239 e. The Kier molecular flexibility index (Phi) is 5.04. The first-order valence-electron chi connectivity index (χ1n) is 15.0. The number of aryl methyl sites for hydroxylation is 2. The SMILES string of the molecule is N#Cc1c(N2C(=O)[C@H]3[C@@H]4C=C[C@@H]([C@@H]3C2=O)[C@H]2[C@H]3C(=O)N(c5sc6c(c5C#N)CCCC6)C(=O)[C@@H]3[C@H]42)sc2c1CCCC2. The van der Waals surface area contributed by atoms with Crippen molar-refractivity contribution in [2.24, 2.45) is 47.3 Å². The van der Waals surface area contributed by atoms with Gasteiger partial charge in [0.05, 0.1) is 34.8 Å². The average Bonchev–Trinajstić information content (AvgIpc) is 3.67. The molecular formula is C32H26N4O4S2. The van der Waals surface area contributed by atoms with E-state index in [4.69, 9.17) is 0 Å². The highest BCUT2D eigenvalue weighted by Crippen LogP contribution is 2.69. The molecule has 0 unspecified atom stereocenters. The Morgan fingerprint density at radius 2 is 0.976 bits per heavy atom. The number of nitriles is 2. The number of anilines is 2. The summed E-state index contributed by atoms with van der Waals surface area (Å²) >= 11 is 2.82. The molecule has 0 radical (unpaired) electrons. The molecule has 4 amide bonds. The van der Waals surface area contributed by atoms with Crippen LogP contribution in [0, 0.1) is 70.0 Å². The van der Waals surface area contributed by atoms with E-state index in [1.807, 2.05) is 12.2 Å². The molecule has 0 spiro atoms. The molecule has 8 atom stereocenters. The highest BCUT2D eigenvalue weighted by molar-refractivity contribution is 7.17. The van der Waals surface area contributed by atoms with Gasteiger partial charge in [0.15, 0.2) is 0 Å². The van der Waals surface area contributed by atoms with Crippen molar-refractivity contribution in [1.29, 1.82) is 10.5 Å². The van der Waals surface area contributed by atoms with E-state index in [9.17, 15) is 29.7 Å². The van der Waals surface area contributed by atoms with E-state index in [0.717, 1.165) is 72.2 Å². The molecule has 6 aliphatic carbocycles. The van der Waals surface area contributed by atoms with Crippen LogP contribution in [0.1, 0.15) is 57.7 Å². The zero-order valence-electron chi connectivity index (χ0n) is 22.7. The number of carbonyl (C=O) groups excluding carboxylic acids is 4. The van der Waals surface area contributed by atoms with E-state index in [1.54, 1.807) is 0 Å². The van der Waals surface area contributed by atoms with Crippen LogP contribution >= 0.6 is 22.7 Å². The van der Waals surface area contributed by atoms with Gasteiger partial charge in [0.25, 0.3) is 0 Å². The minimum Gasteiger partial charge on any atom is -0.274 e. The molecule has 8 nitrogen and oxygen atoms in total. The third-order valence-corrected chi connectivity index (χ3v) is 13.8. The first-order valence-corrected chi connectivity index (χ1v) is 16.6. The van der Waals surface area contributed by atoms with E-state index in [1.165, 1.54) is 32.5 Å². The predicted molar refractivity (Wildman–Crippen MR) is 153 cm³/mol. The molecule has 42 heavy (non-hydrogen) atoms. The monoisotopic (exact) mass is 594 g/mol. The van der Waals surface area contributed by atoms with Crippen molar-refractivity contribution < 1.29 is 19.2 Å². The van der Waals surface area contributed by atoms with Crippen molar-refractivity contribution in [2.75, 3.05) is 9.80 Å². The Balaban J connectivity index is 1.08. The van der Waals surface area contributed by atoms with Gasteiger partial charge in [-0.3, -0.25) is 19.2 Å². The Morgan fingerprint density at radius 1 is 0.595 bits per heavy atom. The summed E-state index contributed by atoms with van der Waals surface area (Å²) in [5, 5.41) is 21.0. The van der Waals surface area contributed by atoms with Crippen molar-refractivity contribution >= 4 is 56.3 Å². The van der Waals surface area contributed by atoms with Crippen LogP contribution in [0.2, 0.25) is 0 Å². The van der Waals surface area contributed by atoms with Crippen molar-refractivity contribution in [1.82, 2.24) is 0 Å². The molecule has 2 aromatic heterocycles. The number of imide groups is 2. The zero-order chi connectivity index (χ0) is 28.6. The van der Waals surface area contributed by atoms with Crippen LogP contribution in [0.25, 0.3) is 0 Å². The van der Waals surface area contributed by atoms with Crippen LogP contribution in [0.3, 0.4) is 0 Å². The summed E-state index contributed by atoms with van der Waals surface area (Å²) in [7, 11) is 0. The van der Waals surface area contributed by atoms with Crippen LogP contribution in [-0.2, 0) is 44.9 Å². The van der Waals surface area contributed by atoms with Crippen molar-refractivity contribution in [3.05, 3.63) is 44.2 Å². The molecule has 2 bridgehead atoms. The van der Waals surface area contributed by atoms with E-state index < -0.39 is 23.7 Å². The molecule has 4 fully saturated rings. The second-order valence-electron chi connectivity index (χ2n) is 12.8. The summed E-state index contributed by atoms with van der Waals surface area (Å²) in [6.07, 6.45) is 11.4. The second kappa shape index (κ2) is 8.49. The van der Waals surface area contributed by atoms with E-state index in [0.29, 0.717) is 21.1 Å². The maximum absolute atomic E-state index is 14.1. The fourth-order valence-electron chi connectivity index (χ4n) is 9.65. The second-order valence-corrected chi connectivity index (χ2v) is 15.0. The summed E-state index contributed by atoms with van der Waals surface area (Å²) in [6.45, 7) is 0. The first-order chi connectivity index (χ1) is 20.5. The standard InChI is InChI=1S/C32H26N4O4S2/c33-11-17-13-5-1-3-7-19(13)41-31(17)35-27(37)23-15-9-10-16(24(23)28(35)38)22-21(15)25-26(22)30(40)36(29(25)39)32-18(12-34)14-6-2-4-8-20(14)42-32/h9-10,15-16,21-26H,1-8H2/t15-,16-,21-,22-,23+,24+,25-,26-/m1/s1. The highest BCUT2D eigenvalue weighted by Gasteiger charge is 2.75. The van der Waals surface area contributed by atoms with Gasteiger partial charge in [-0.15, -0.1) is 22.7 Å². The number of nitrogens with zero attached hydrogens (tertiary/aromatic N) is 4. The minimum absolute atomic E-state index is 0.184. The Morgan fingerprint density at radius 3 is 1.38 bits per heavy atom. The zero-order valence-corrected chi connectivity index (χ0v) is 24.3. The first kappa shape index (κ1) is 24.9. The van der Waals surface area contributed by atoms with Gasteiger partial charge in [0.1, 0.15) is 22.1 Å². The molecule has 10 heteroatoms. The lowest BCUT2D eigenvalue weighted by atomic mass is 9.40. The quantitative estimate of drug-likeness (QED) is 0.378. The molecule has 2 saturated heterocycles. The number of allylic oxidation sites excluding steroid dienone is 2. The topological polar surface area (TPSA) is 122 Å². The highest BCUT2D eigenvalue weighted by atomic mass is 32.1. The van der Waals surface area contributed by atoms with Crippen LogP contribution < -0.4 is 9.80 Å². The lowest BCUT2D eigenvalue weighted by Gasteiger charge is -2.60. The molecule has 8 aliphatic rings. The van der Waals surface area contributed by atoms with E-state index in [2.05, 4.69) is 12.1 Å². The normalized spacial score (nSPS) is 35.3. The number of amides is 4. The van der Waals surface area contributed by atoms with Gasteiger partial charge in [0.2, 0.25) is 23.6 Å². The summed E-state index contributed by atoms with van der Waals surface area (Å²) in [5.41, 5.74) is 2.90. The molecule has 210 valence electrons. The fourth-order valence-corrected chi connectivity index (χ4v) is 12.3. The van der Waals surface area contributed by atoms with Crippen molar-refractivity contribution in [3.63, 3.8) is 0 Å². The van der Waals surface area contributed by atoms with Gasteiger partial charge < -0.3 is 0 Å². The molecular weight excluding hydrogens is 569 g/mol. The van der Waals surface area contributed by atoms with E-state index in [-0.39, 0.29) is 47.3 Å². The van der Waals surface area contributed by atoms with Crippen LogP contribution in [0.5, 0.6) is 0 Å². The Bertz CT molecular complexity index is 1730. The molecule has 0 N–H and O–H groups in total.